The van der Waals surface area contributed by atoms with Crippen molar-refractivity contribution in [3.63, 3.8) is 0 Å². The minimum atomic E-state index is 0.612. The molecule has 4 heteroatoms. The number of nitrogens with zero attached hydrogens (tertiary/aromatic N) is 2. The Labute approximate surface area is 92.5 Å². The van der Waals surface area contributed by atoms with E-state index in [2.05, 4.69) is 27.1 Å². The number of aromatic nitrogens is 3. The van der Waals surface area contributed by atoms with Crippen LogP contribution >= 0.6 is 0 Å². The number of benzene rings is 1. The summed E-state index contributed by atoms with van der Waals surface area (Å²) in [5, 5.41) is 2.28. The van der Waals surface area contributed by atoms with Crippen LogP contribution in [0.15, 0.2) is 30.6 Å². The van der Waals surface area contributed by atoms with E-state index < -0.39 is 0 Å². The highest BCUT2D eigenvalue weighted by Crippen LogP contribution is 2.20. The van der Waals surface area contributed by atoms with Gasteiger partial charge < -0.3 is 10.7 Å². The number of aromatic amines is 1. The molecule has 3 N–H and O–H groups in total. The lowest BCUT2D eigenvalue weighted by molar-refractivity contribution is 0.900. The molecule has 0 radical (unpaired) electrons. The lowest BCUT2D eigenvalue weighted by Crippen LogP contribution is -2.03. The van der Waals surface area contributed by atoms with Gasteiger partial charge in [0, 0.05) is 24.2 Å². The van der Waals surface area contributed by atoms with Gasteiger partial charge in [-0.05, 0) is 30.1 Å². The second-order valence-corrected chi connectivity index (χ2v) is 3.81. The third-order valence-electron chi connectivity index (χ3n) is 2.67. The first-order valence-corrected chi connectivity index (χ1v) is 5.29. The summed E-state index contributed by atoms with van der Waals surface area (Å²) in [6, 6.07) is 6.14. The number of fused-ring (bicyclic) bond motifs is 2. The van der Waals surface area contributed by atoms with Gasteiger partial charge in [-0.25, -0.2) is 4.98 Å². The Bertz CT molecular complexity index is 589. The van der Waals surface area contributed by atoms with Crippen molar-refractivity contribution in [1.82, 2.24) is 15.0 Å². The van der Waals surface area contributed by atoms with Gasteiger partial charge in [-0.2, -0.15) is 0 Å². The molecule has 0 aliphatic rings. The number of hydrogen-bond acceptors (Lipinski definition) is 3. The third-order valence-corrected chi connectivity index (χ3v) is 2.67. The van der Waals surface area contributed by atoms with Crippen molar-refractivity contribution in [3.05, 3.63) is 36.4 Å². The van der Waals surface area contributed by atoms with Crippen molar-refractivity contribution in [1.29, 1.82) is 0 Å². The largest absolute Gasteiger partial charge is 0.342 e. The molecule has 0 spiro atoms. The molecule has 0 bridgehead atoms. The van der Waals surface area contributed by atoms with Crippen LogP contribution in [-0.2, 0) is 6.42 Å². The van der Waals surface area contributed by atoms with Crippen molar-refractivity contribution in [2.24, 2.45) is 5.73 Å². The van der Waals surface area contributed by atoms with Crippen LogP contribution in [0.1, 0.15) is 5.82 Å². The molecule has 0 amide bonds. The quantitative estimate of drug-likeness (QED) is 0.678. The second-order valence-electron chi connectivity index (χ2n) is 3.81. The Morgan fingerprint density at radius 2 is 2.19 bits per heavy atom. The van der Waals surface area contributed by atoms with Gasteiger partial charge >= 0.3 is 0 Å². The molecule has 3 aromatic rings. The molecule has 0 fully saturated rings. The number of nitrogens with one attached hydrogen (secondary N) is 1. The predicted molar refractivity (Wildman–Crippen MR) is 64.2 cm³/mol. The Hall–Kier alpha value is -1.94. The van der Waals surface area contributed by atoms with Crippen LogP contribution in [0.5, 0.6) is 0 Å². The maximum atomic E-state index is 5.51. The van der Waals surface area contributed by atoms with Crippen molar-refractivity contribution < 1.29 is 0 Å². The molecule has 0 unspecified atom stereocenters. The van der Waals surface area contributed by atoms with Crippen molar-refractivity contribution in [3.8, 4) is 0 Å². The van der Waals surface area contributed by atoms with E-state index in [1.165, 1.54) is 0 Å². The summed E-state index contributed by atoms with van der Waals surface area (Å²) in [5.41, 5.74) is 7.55. The SMILES string of the molecule is NCCc1nc2cc3ccncc3cc2[nH]1. The van der Waals surface area contributed by atoms with Crippen LogP contribution in [0, 0.1) is 0 Å². The highest BCUT2D eigenvalue weighted by molar-refractivity contribution is 5.94. The van der Waals surface area contributed by atoms with Gasteiger partial charge in [-0.15, -0.1) is 0 Å². The molecule has 4 nitrogen and oxygen atoms in total. The number of nitrogens with two attached hydrogens (primary N) is 1. The second kappa shape index (κ2) is 3.57. The van der Waals surface area contributed by atoms with Crippen molar-refractivity contribution >= 4 is 21.8 Å². The fourth-order valence-electron chi connectivity index (χ4n) is 1.90. The molecule has 16 heavy (non-hydrogen) atoms. The topological polar surface area (TPSA) is 67.6 Å². The van der Waals surface area contributed by atoms with Gasteiger partial charge in [0.05, 0.1) is 11.0 Å². The molecule has 0 saturated carbocycles. The lowest BCUT2D eigenvalue weighted by Gasteiger charge is -1.95. The first-order valence-electron chi connectivity index (χ1n) is 5.29. The fourth-order valence-corrected chi connectivity index (χ4v) is 1.90. The average Bonchev–Trinajstić information content (AvgIpc) is 2.67. The Balaban J connectivity index is 2.25. The van der Waals surface area contributed by atoms with Crippen LogP contribution < -0.4 is 5.73 Å². The van der Waals surface area contributed by atoms with E-state index in [1.807, 2.05) is 12.3 Å². The van der Waals surface area contributed by atoms with Crippen LogP contribution in [0.2, 0.25) is 0 Å². The first-order chi connectivity index (χ1) is 7.86. The molecule has 80 valence electrons. The smallest absolute Gasteiger partial charge is 0.108 e. The normalized spacial score (nSPS) is 11.3. The number of pyridine rings is 1. The standard InChI is InChI=1S/C12H12N4/c13-3-1-12-15-10-5-8-2-4-14-7-9(8)6-11(10)16-12/h2,4-7H,1,3,13H2,(H,15,16). The minimum absolute atomic E-state index is 0.612. The van der Waals surface area contributed by atoms with E-state index >= 15 is 0 Å². The molecular weight excluding hydrogens is 200 g/mol. The zero-order valence-corrected chi connectivity index (χ0v) is 8.77. The Kier molecular flexibility index (Phi) is 2.08. The molecule has 2 aromatic heterocycles. The number of H-pyrrole nitrogens is 1. The fraction of sp³-hybridized carbons (Fsp3) is 0.167. The van der Waals surface area contributed by atoms with Gasteiger partial charge in [0.15, 0.2) is 0 Å². The van der Waals surface area contributed by atoms with E-state index in [1.54, 1.807) is 6.20 Å². The molecule has 2 heterocycles. The van der Waals surface area contributed by atoms with E-state index in [0.29, 0.717) is 6.54 Å². The Morgan fingerprint density at radius 1 is 1.25 bits per heavy atom. The van der Waals surface area contributed by atoms with Crippen LogP contribution in [0.25, 0.3) is 21.8 Å². The van der Waals surface area contributed by atoms with Crippen LogP contribution in [0.3, 0.4) is 0 Å². The number of imidazole rings is 1. The van der Waals surface area contributed by atoms with Crippen molar-refractivity contribution in [2.45, 2.75) is 6.42 Å². The number of hydrogen-bond donors (Lipinski definition) is 2. The third kappa shape index (κ3) is 1.44. The zero-order chi connectivity index (χ0) is 11.0. The predicted octanol–water partition coefficient (Wildman–Crippen LogP) is 1.61. The van der Waals surface area contributed by atoms with Crippen LogP contribution in [0.4, 0.5) is 0 Å². The zero-order valence-electron chi connectivity index (χ0n) is 8.77. The van der Waals surface area contributed by atoms with Gasteiger partial charge in [0.2, 0.25) is 0 Å². The summed E-state index contributed by atoms with van der Waals surface area (Å²) in [4.78, 5) is 11.9. The van der Waals surface area contributed by atoms with Crippen molar-refractivity contribution in [2.75, 3.05) is 6.54 Å². The van der Waals surface area contributed by atoms with E-state index in [4.69, 9.17) is 5.73 Å². The van der Waals surface area contributed by atoms with E-state index in [-0.39, 0.29) is 0 Å². The van der Waals surface area contributed by atoms with Gasteiger partial charge in [0.1, 0.15) is 5.82 Å². The molecule has 0 aliphatic heterocycles. The lowest BCUT2D eigenvalue weighted by atomic mass is 10.1. The molecule has 1 aromatic carbocycles. The molecule has 0 atom stereocenters. The summed E-state index contributed by atoms with van der Waals surface area (Å²) in [6.07, 6.45) is 4.43. The highest BCUT2D eigenvalue weighted by atomic mass is 14.9. The van der Waals surface area contributed by atoms with Gasteiger partial charge in [-0.1, -0.05) is 0 Å². The van der Waals surface area contributed by atoms with Crippen LogP contribution in [-0.4, -0.2) is 21.5 Å². The first kappa shape index (κ1) is 9.30. The van der Waals surface area contributed by atoms with Gasteiger partial charge in [-0.3, -0.25) is 4.98 Å². The molecular formula is C12H12N4. The molecule has 3 rings (SSSR count). The average molecular weight is 212 g/mol. The van der Waals surface area contributed by atoms with E-state index in [9.17, 15) is 0 Å². The molecule has 0 aliphatic carbocycles. The summed E-state index contributed by atoms with van der Waals surface area (Å²) in [5.74, 6) is 0.945. The Morgan fingerprint density at radius 3 is 3.06 bits per heavy atom. The summed E-state index contributed by atoms with van der Waals surface area (Å²) < 4.78 is 0. The summed E-state index contributed by atoms with van der Waals surface area (Å²) in [7, 11) is 0. The molecule has 0 saturated heterocycles. The maximum absolute atomic E-state index is 5.51. The maximum Gasteiger partial charge on any atom is 0.108 e. The van der Waals surface area contributed by atoms with E-state index in [0.717, 1.165) is 34.1 Å². The highest BCUT2D eigenvalue weighted by Gasteiger charge is 2.03. The monoisotopic (exact) mass is 212 g/mol. The number of rotatable bonds is 2. The minimum Gasteiger partial charge on any atom is -0.342 e. The van der Waals surface area contributed by atoms with Gasteiger partial charge in [0.25, 0.3) is 0 Å². The summed E-state index contributed by atoms with van der Waals surface area (Å²) >= 11 is 0. The summed E-state index contributed by atoms with van der Waals surface area (Å²) in [6.45, 7) is 0.612.